The molecule has 0 bridgehead atoms. The van der Waals surface area contributed by atoms with Crippen molar-refractivity contribution in [1.29, 1.82) is 0 Å². The van der Waals surface area contributed by atoms with E-state index >= 15 is 0 Å². The Bertz CT molecular complexity index is 471. The van der Waals surface area contributed by atoms with Gasteiger partial charge in [0.15, 0.2) is 11.5 Å². The molecule has 6 nitrogen and oxygen atoms in total. The van der Waals surface area contributed by atoms with Gasteiger partial charge in [-0.05, 0) is 24.1 Å². The number of nitrogens with two attached hydrogens (primary N) is 1. The molecular weight excluding hydrogens is 262 g/mol. The molecule has 0 radical (unpaired) electrons. The largest absolute Gasteiger partial charge is 0.493 e. The number of carbonyl (C=O) groups is 1. The summed E-state index contributed by atoms with van der Waals surface area (Å²) in [6.45, 7) is 1.29. The van der Waals surface area contributed by atoms with Crippen LogP contribution < -0.4 is 15.2 Å². The molecule has 1 aromatic rings. The van der Waals surface area contributed by atoms with Crippen molar-refractivity contribution in [2.24, 2.45) is 5.73 Å². The molecule has 1 aliphatic heterocycles. The summed E-state index contributed by atoms with van der Waals surface area (Å²) in [5.41, 5.74) is 6.32. The molecule has 0 saturated carbocycles. The fourth-order valence-corrected chi connectivity index (χ4v) is 2.06. The molecule has 0 aromatic heterocycles. The highest BCUT2D eigenvalue weighted by Gasteiger charge is 2.20. The van der Waals surface area contributed by atoms with Crippen molar-refractivity contribution in [3.63, 3.8) is 0 Å². The van der Waals surface area contributed by atoms with Gasteiger partial charge in [-0.3, -0.25) is 4.79 Å². The Morgan fingerprint density at radius 2 is 2.35 bits per heavy atom. The number of carboxylic acid groups (broad SMARTS) is 1. The van der Waals surface area contributed by atoms with E-state index in [0.717, 1.165) is 12.0 Å². The molecule has 1 aliphatic rings. The minimum Gasteiger partial charge on any atom is -0.493 e. The highest BCUT2D eigenvalue weighted by atomic mass is 16.6. The third-order valence-corrected chi connectivity index (χ3v) is 3.18. The van der Waals surface area contributed by atoms with Crippen molar-refractivity contribution in [3.8, 4) is 11.5 Å². The first-order valence-electron chi connectivity index (χ1n) is 6.50. The van der Waals surface area contributed by atoms with Gasteiger partial charge in [-0.15, -0.1) is 0 Å². The van der Waals surface area contributed by atoms with Crippen LogP contribution in [0.5, 0.6) is 11.5 Å². The van der Waals surface area contributed by atoms with Crippen LogP contribution in [-0.2, 0) is 16.0 Å². The predicted octanol–water partition coefficient (Wildman–Crippen LogP) is 0.817. The van der Waals surface area contributed by atoms with Gasteiger partial charge in [-0.25, -0.2) is 0 Å². The van der Waals surface area contributed by atoms with Gasteiger partial charge < -0.3 is 25.1 Å². The number of aliphatic carboxylic acids is 1. The zero-order chi connectivity index (χ0) is 14.5. The van der Waals surface area contributed by atoms with Gasteiger partial charge in [0.05, 0.1) is 20.3 Å². The smallest absolute Gasteiger partial charge is 0.320 e. The second-order valence-corrected chi connectivity index (χ2v) is 4.74. The van der Waals surface area contributed by atoms with Crippen LogP contribution in [0.3, 0.4) is 0 Å². The first kappa shape index (κ1) is 14.6. The number of ether oxygens (including phenoxy) is 3. The summed E-state index contributed by atoms with van der Waals surface area (Å²) in [5, 5.41) is 8.82. The van der Waals surface area contributed by atoms with Crippen molar-refractivity contribution >= 4 is 5.97 Å². The maximum absolute atomic E-state index is 10.8. The highest BCUT2D eigenvalue weighted by Crippen LogP contribution is 2.30. The lowest BCUT2D eigenvalue weighted by Gasteiger charge is -2.16. The molecular formula is C14H19NO5. The van der Waals surface area contributed by atoms with Gasteiger partial charge >= 0.3 is 5.97 Å². The highest BCUT2D eigenvalue weighted by molar-refractivity contribution is 5.73. The average molecular weight is 281 g/mol. The Hall–Kier alpha value is -1.79. The Labute approximate surface area is 117 Å². The number of benzene rings is 1. The third kappa shape index (κ3) is 3.61. The zero-order valence-electron chi connectivity index (χ0n) is 11.4. The lowest BCUT2D eigenvalue weighted by atomic mass is 10.1. The lowest BCUT2D eigenvalue weighted by Crippen LogP contribution is -2.32. The molecule has 1 heterocycles. The number of rotatable bonds is 6. The van der Waals surface area contributed by atoms with Crippen LogP contribution in [0.4, 0.5) is 0 Å². The summed E-state index contributed by atoms with van der Waals surface area (Å²) in [6, 6.07) is 4.42. The van der Waals surface area contributed by atoms with E-state index in [1.54, 1.807) is 25.3 Å². The fourth-order valence-electron chi connectivity index (χ4n) is 2.06. The van der Waals surface area contributed by atoms with Crippen LogP contribution in [0.25, 0.3) is 0 Å². The van der Waals surface area contributed by atoms with Gasteiger partial charge in [0, 0.05) is 6.42 Å². The van der Waals surface area contributed by atoms with E-state index in [1.165, 1.54) is 0 Å². The average Bonchev–Trinajstić information content (AvgIpc) is 2.93. The first-order chi connectivity index (χ1) is 9.60. The number of methoxy groups -OCH3 is 1. The minimum atomic E-state index is -1.02. The summed E-state index contributed by atoms with van der Waals surface area (Å²) in [7, 11) is 1.55. The minimum absolute atomic E-state index is 0.0380. The lowest BCUT2D eigenvalue weighted by molar-refractivity contribution is -0.138. The van der Waals surface area contributed by atoms with Crippen LogP contribution >= 0.6 is 0 Å². The van der Waals surface area contributed by atoms with Gasteiger partial charge in [-0.1, -0.05) is 6.07 Å². The number of hydrogen-bond acceptors (Lipinski definition) is 5. The molecule has 1 fully saturated rings. The fraction of sp³-hybridized carbons (Fsp3) is 0.500. The first-order valence-corrected chi connectivity index (χ1v) is 6.50. The van der Waals surface area contributed by atoms with E-state index in [-0.39, 0.29) is 12.5 Å². The molecule has 3 N–H and O–H groups in total. The van der Waals surface area contributed by atoms with E-state index in [2.05, 4.69) is 0 Å². The molecule has 1 aromatic carbocycles. The molecule has 6 heteroatoms. The van der Waals surface area contributed by atoms with Crippen LogP contribution in [0.15, 0.2) is 18.2 Å². The summed E-state index contributed by atoms with van der Waals surface area (Å²) < 4.78 is 16.3. The monoisotopic (exact) mass is 281 g/mol. The van der Waals surface area contributed by atoms with E-state index in [1.807, 2.05) is 0 Å². The van der Waals surface area contributed by atoms with Crippen LogP contribution in [-0.4, -0.2) is 43.5 Å². The van der Waals surface area contributed by atoms with Gasteiger partial charge in [0.25, 0.3) is 0 Å². The number of hydrogen-bond donors (Lipinski definition) is 2. The van der Waals surface area contributed by atoms with Crippen LogP contribution in [0.1, 0.15) is 12.0 Å². The van der Waals surface area contributed by atoms with E-state index in [0.29, 0.717) is 24.7 Å². The predicted molar refractivity (Wildman–Crippen MR) is 72.2 cm³/mol. The molecule has 0 amide bonds. The molecule has 1 saturated heterocycles. The van der Waals surface area contributed by atoms with Crippen LogP contribution in [0.2, 0.25) is 0 Å². The van der Waals surface area contributed by atoms with Crippen molar-refractivity contribution < 1.29 is 24.1 Å². The standard InChI is InChI=1S/C14H19NO5/c1-18-13-7-9(6-11(15)14(16)17)2-3-12(13)20-10-4-5-19-8-10/h2-3,7,10-11H,4-6,8,15H2,1H3,(H,16,17). The Kier molecular flexibility index (Phi) is 4.81. The topological polar surface area (TPSA) is 91.0 Å². The Morgan fingerprint density at radius 3 is 2.95 bits per heavy atom. The molecule has 0 aliphatic carbocycles. The van der Waals surface area contributed by atoms with E-state index < -0.39 is 12.0 Å². The SMILES string of the molecule is COc1cc(CC(N)C(=O)O)ccc1OC1CCOC1. The Morgan fingerprint density at radius 1 is 1.55 bits per heavy atom. The maximum Gasteiger partial charge on any atom is 0.320 e. The van der Waals surface area contributed by atoms with Crippen LogP contribution in [0, 0.1) is 0 Å². The molecule has 20 heavy (non-hydrogen) atoms. The zero-order valence-corrected chi connectivity index (χ0v) is 11.4. The quantitative estimate of drug-likeness (QED) is 0.802. The summed E-state index contributed by atoms with van der Waals surface area (Å²) in [5.74, 6) is 0.190. The number of carboxylic acids is 1. The van der Waals surface area contributed by atoms with Gasteiger partial charge in [-0.2, -0.15) is 0 Å². The van der Waals surface area contributed by atoms with E-state index in [4.69, 9.17) is 25.1 Å². The molecule has 0 spiro atoms. The molecule has 2 atom stereocenters. The summed E-state index contributed by atoms with van der Waals surface area (Å²) in [4.78, 5) is 10.8. The maximum atomic E-state index is 10.8. The summed E-state index contributed by atoms with van der Waals surface area (Å²) >= 11 is 0. The van der Waals surface area contributed by atoms with Gasteiger partial charge in [0.1, 0.15) is 12.1 Å². The van der Waals surface area contributed by atoms with Crippen molar-refractivity contribution in [2.45, 2.75) is 25.0 Å². The molecule has 2 unspecified atom stereocenters. The second-order valence-electron chi connectivity index (χ2n) is 4.74. The van der Waals surface area contributed by atoms with Crippen molar-refractivity contribution in [1.82, 2.24) is 0 Å². The Balaban J connectivity index is 2.08. The second kappa shape index (κ2) is 6.58. The normalized spacial score (nSPS) is 19.6. The molecule has 2 rings (SSSR count). The van der Waals surface area contributed by atoms with Crippen molar-refractivity contribution in [2.75, 3.05) is 20.3 Å². The van der Waals surface area contributed by atoms with E-state index in [9.17, 15) is 4.79 Å². The molecule has 110 valence electrons. The van der Waals surface area contributed by atoms with Gasteiger partial charge in [0.2, 0.25) is 0 Å². The third-order valence-electron chi connectivity index (χ3n) is 3.18. The van der Waals surface area contributed by atoms with Crippen molar-refractivity contribution in [3.05, 3.63) is 23.8 Å². The summed E-state index contributed by atoms with van der Waals surface area (Å²) in [6.07, 6.45) is 1.14.